The van der Waals surface area contributed by atoms with Crippen molar-refractivity contribution in [3.05, 3.63) is 35.9 Å². The van der Waals surface area contributed by atoms with Crippen LogP contribution in [0.5, 0.6) is 0 Å². The smallest absolute Gasteiger partial charge is 0.325 e. The average molecular weight is 219 g/mol. The molecule has 1 N–H and O–H groups in total. The predicted octanol–water partition coefficient (Wildman–Crippen LogP) is 2.30. The minimum absolute atomic E-state index is 0.362. The normalized spacial score (nSPS) is 23.2. The number of aliphatic carboxylic acids is 1. The summed E-state index contributed by atoms with van der Waals surface area (Å²) in [6.45, 7) is 2.99. The molecular weight excluding hydrogens is 202 g/mol. The van der Waals surface area contributed by atoms with E-state index < -0.39 is 12.0 Å². The van der Waals surface area contributed by atoms with Crippen LogP contribution >= 0.6 is 0 Å². The minimum atomic E-state index is -0.750. The molecule has 16 heavy (non-hydrogen) atoms. The molecule has 1 aliphatic rings. The van der Waals surface area contributed by atoms with Crippen LogP contribution in [0.4, 0.5) is 0 Å². The highest BCUT2D eigenvalue weighted by Crippen LogP contribution is 2.29. The Bertz CT molecular complexity index is 363. The minimum Gasteiger partial charge on any atom is -0.480 e. The molecule has 86 valence electrons. The van der Waals surface area contributed by atoms with Crippen LogP contribution in [0.1, 0.15) is 31.4 Å². The van der Waals surface area contributed by atoms with Gasteiger partial charge in [0.1, 0.15) is 6.04 Å². The third-order valence-electron chi connectivity index (χ3n) is 3.29. The van der Waals surface area contributed by atoms with Crippen molar-refractivity contribution in [2.75, 3.05) is 6.54 Å². The summed E-state index contributed by atoms with van der Waals surface area (Å²) in [7, 11) is 0. The quantitative estimate of drug-likeness (QED) is 0.848. The van der Waals surface area contributed by atoms with Gasteiger partial charge in [0, 0.05) is 6.04 Å². The first kappa shape index (κ1) is 11.1. The molecular formula is C13H17NO2. The van der Waals surface area contributed by atoms with Crippen molar-refractivity contribution in [1.29, 1.82) is 0 Å². The van der Waals surface area contributed by atoms with E-state index >= 15 is 0 Å². The third-order valence-corrected chi connectivity index (χ3v) is 3.29. The molecule has 0 saturated carbocycles. The van der Waals surface area contributed by atoms with Gasteiger partial charge in [-0.3, -0.25) is 9.69 Å². The number of hydrogen-bond donors (Lipinski definition) is 1. The zero-order valence-electron chi connectivity index (χ0n) is 9.47. The summed E-state index contributed by atoms with van der Waals surface area (Å²) < 4.78 is 0. The predicted molar refractivity (Wildman–Crippen MR) is 62.2 cm³/mol. The van der Waals surface area contributed by atoms with E-state index in [0.29, 0.717) is 6.04 Å². The molecule has 0 aromatic heterocycles. The van der Waals surface area contributed by atoms with E-state index in [-0.39, 0.29) is 0 Å². The van der Waals surface area contributed by atoms with Crippen LogP contribution in [0.25, 0.3) is 0 Å². The number of carboxylic acid groups (broad SMARTS) is 1. The van der Waals surface area contributed by atoms with Gasteiger partial charge in [-0.2, -0.15) is 0 Å². The monoisotopic (exact) mass is 219 g/mol. The van der Waals surface area contributed by atoms with Gasteiger partial charge in [-0.25, -0.2) is 0 Å². The standard InChI is InChI=1S/C13H17NO2/c1-10-6-5-9-14(10)12(13(15)16)11-7-3-2-4-8-11/h2-4,7-8,10,12H,5-6,9H2,1H3,(H,15,16)/t10?,12-/m1/s1. The highest BCUT2D eigenvalue weighted by atomic mass is 16.4. The van der Waals surface area contributed by atoms with Gasteiger partial charge < -0.3 is 5.11 Å². The molecule has 2 atom stereocenters. The van der Waals surface area contributed by atoms with Crippen LogP contribution in [-0.2, 0) is 4.79 Å². The molecule has 0 spiro atoms. The Balaban J connectivity index is 2.27. The first-order valence-corrected chi connectivity index (χ1v) is 5.73. The molecule has 1 aromatic rings. The maximum absolute atomic E-state index is 11.4. The molecule has 1 fully saturated rings. The van der Waals surface area contributed by atoms with E-state index in [9.17, 15) is 9.90 Å². The van der Waals surface area contributed by atoms with Crippen LogP contribution in [0.2, 0.25) is 0 Å². The summed E-state index contributed by atoms with van der Waals surface area (Å²) in [6.07, 6.45) is 2.19. The largest absolute Gasteiger partial charge is 0.480 e. The number of rotatable bonds is 3. The summed E-state index contributed by atoms with van der Waals surface area (Å²) in [5.41, 5.74) is 0.878. The number of likely N-dealkylation sites (tertiary alicyclic amines) is 1. The average Bonchev–Trinajstić information content (AvgIpc) is 2.66. The van der Waals surface area contributed by atoms with E-state index in [1.54, 1.807) is 0 Å². The lowest BCUT2D eigenvalue weighted by Gasteiger charge is -2.28. The summed E-state index contributed by atoms with van der Waals surface area (Å²) >= 11 is 0. The Morgan fingerprint density at radius 3 is 2.62 bits per heavy atom. The molecule has 0 amide bonds. The fourth-order valence-electron chi connectivity index (χ4n) is 2.45. The molecule has 3 nitrogen and oxygen atoms in total. The second kappa shape index (κ2) is 4.66. The molecule has 1 heterocycles. The van der Waals surface area contributed by atoms with Gasteiger partial charge in [0.2, 0.25) is 0 Å². The fourth-order valence-corrected chi connectivity index (χ4v) is 2.45. The first-order chi connectivity index (χ1) is 7.70. The van der Waals surface area contributed by atoms with Crippen molar-refractivity contribution in [3.63, 3.8) is 0 Å². The highest BCUT2D eigenvalue weighted by molar-refractivity contribution is 5.75. The molecule has 1 unspecified atom stereocenters. The molecule has 1 aromatic carbocycles. The molecule has 0 bridgehead atoms. The lowest BCUT2D eigenvalue weighted by Crippen LogP contribution is -2.36. The van der Waals surface area contributed by atoms with Crippen molar-refractivity contribution in [1.82, 2.24) is 4.90 Å². The molecule has 0 radical (unpaired) electrons. The van der Waals surface area contributed by atoms with Crippen molar-refractivity contribution in [3.8, 4) is 0 Å². The first-order valence-electron chi connectivity index (χ1n) is 5.73. The lowest BCUT2D eigenvalue weighted by molar-refractivity contribution is -0.143. The Hall–Kier alpha value is -1.35. The number of nitrogens with zero attached hydrogens (tertiary/aromatic N) is 1. The van der Waals surface area contributed by atoms with Crippen LogP contribution in [0, 0.1) is 0 Å². The molecule has 1 aliphatic heterocycles. The van der Waals surface area contributed by atoms with Gasteiger partial charge in [-0.1, -0.05) is 30.3 Å². The van der Waals surface area contributed by atoms with Gasteiger partial charge in [0.25, 0.3) is 0 Å². The summed E-state index contributed by atoms with van der Waals surface area (Å²) in [5, 5.41) is 9.36. The Kier molecular flexibility index (Phi) is 3.25. The fraction of sp³-hybridized carbons (Fsp3) is 0.462. The molecule has 1 saturated heterocycles. The van der Waals surface area contributed by atoms with Gasteiger partial charge in [-0.15, -0.1) is 0 Å². The highest BCUT2D eigenvalue weighted by Gasteiger charge is 2.33. The van der Waals surface area contributed by atoms with Crippen molar-refractivity contribution < 1.29 is 9.90 Å². The lowest BCUT2D eigenvalue weighted by atomic mass is 10.0. The van der Waals surface area contributed by atoms with Gasteiger partial charge in [-0.05, 0) is 31.9 Å². The Labute approximate surface area is 95.7 Å². The van der Waals surface area contributed by atoms with Crippen LogP contribution in [0.3, 0.4) is 0 Å². The second-order valence-electron chi connectivity index (χ2n) is 4.38. The van der Waals surface area contributed by atoms with E-state index in [4.69, 9.17) is 0 Å². The third kappa shape index (κ3) is 2.09. The molecule has 2 rings (SSSR count). The summed E-state index contributed by atoms with van der Waals surface area (Å²) in [6, 6.07) is 9.36. The van der Waals surface area contributed by atoms with E-state index in [1.807, 2.05) is 30.3 Å². The number of carbonyl (C=O) groups is 1. The summed E-state index contributed by atoms with van der Waals surface area (Å²) in [5.74, 6) is -0.750. The van der Waals surface area contributed by atoms with Crippen LogP contribution in [-0.4, -0.2) is 28.6 Å². The zero-order valence-corrected chi connectivity index (χ0v) is 9.47. The number of carboxylic acids is 1. The summed E-state index contributed by atoms with van der Waals surface area (Å²) in [4.78, 5) is 13.5. The van der Waals surface area contributed by atoms with Crippen LogP contribution < -0.4 is 0 Å². The number of hydrogen-bond acceptors (Lipinski definition) is 2. The van der Waals surface area contributed by atoms with Gasteiger partial charge in [0.15, 0.2) is 0 Å². The SMILES string of the molecule is CC1CCCN1[C@@H](C(=O)O)c1ccccc1. The van der Waals surface area contributed by atoms with Crippen LogP contribution in [0.15, 0.2) is 30.3 Å². The van der Waals surface area contributed by atoms with E-state index in [1.165, 1.54) is 0 Å². The van der Waals surface area contributed by atoms with Crippen molar-refractivity contribution in [2.24, 2.45) is 0 Å². The van der Waals surface area contributed by atoms with E-state index in [0.717, 1.165) is 24.9 Å². The van der Waals surface area contributed by atoms with Crippen molar-refractivity contribution >= 4 is 5.97 Å². The maximum Gasteiger partial charge on any atom is 0.325 e. The Morgan fingerprint density at radius 1 is 1.44 bits per heavy atom. The van der Waals surface area contributed by atoms with Crippen molar-refractivity contribution in [2.45, 2.75) is 31.8 Å². The second-order valence-corrected chi connectivity index (χ2v) is 4.38. The van der Waals surface area contributed by atoms with Gasteiger partial charge in [0.05, 0.1) is 0 Å². The maximum atomic E-state index is 11.4. The number of benzene rings is 1. The van der Waals surface area contributed by atoms with E-state index in [2.05, 4.69) is 11.8 Å². The Morgan fingerprint density at radius 2 is 2.12 bits per heavy atom. The zero-order chi connectivity index (χ0) is 11.5. The van der Waals surface area contributed by atoms with Gasteiger partial charge >= 0.3 is 5.97 Å². The molecule has 0 aliphatic carbocycles. The topological polar surface area (TPSA) is 40.5 Å². The molecule has 3 heteroatoms.